The van der Waals surface area contributed by atoms with Gasteiger partial charge < -0.3 is 11.1 Å². The summed E-state index contributed by atoms with van der Waals surface area (Å²) in [5.41, 5.74) is 5.15. The molecule has 1 fully saturated rings. The standard InChI is InChI=1S/C10H17F3N2O/c11-10(12,13)4-1-2-7-3-5-15-8(6-7)9(14)16/h7-8,15H,1-6H2,(H2,14,16). The predicted octanol–water partition coefficient (Wildman–Crippen LogP) is 1.57. The first-order chi connectivity index (χ1) is 7.38. The summed E-state index contributed by atoms with van der Waals surface area (Å²) in [6.45, 7) is 0.657. The topological polar surface area (TPSA) is 55.1 Å². The molecule has 16 heavy (non-hydrogen) atoms. The first kappa shape index (κ1) is 13.3. The zero-order chi connectivity index (χ0) is 12.2. The summed E-state index contributed by atoms with van der Waals surface area (Å²) in [6, 6.07) is -0.371. The van der Waals surface area contributed by atoms with Crippen molar-refractivity contribution in [3.05, 3.63) is 0 Å². The largest absolute Gasteiger partial charge is 0.389 e. The zero-order valence-corrected chi connectivity index (χ0v) is 9.02. The average molecular weight is 238 g/mol. The summed E-state index contributed by atoms with van der Waals surface area (Å²) in [4.78, 5) is 10.9. The third-order valence-electron chi connectivity index (χ3n) is 2.93. The Morgan fingerprint density at radius 1 is 1.44 bits per heavy atom. The Hall–Kier alpha value is -0.780. The fraction of sp³-hybridized carbons (Fsp3) is 0.900. The van der Waals surface area contributed by atoms with Crippen molar-refractivity contribution in [2.45, 2.75) is 44.3 Å². The second kappa shape index (κ2) is 5.52. The molecule has 94 valence electrons. The van der Waals surface area contributed by atoms with Gasteiger partial charge in [0.1, 0.15) is 0 Å². The van der Waals surface area contributed by atoms with E-state index in [1.165, 1.54) is 0 Å². The highest BCUT2D eigenvalue weighted by atomic mass is 19.4. The van der Waals surface area contributed by atoms with Crippen LogP contribution >= 0.6 is 0 Å². The number of nitrogens with one attached hydrogen (secondary N) is 1. The average Bonchev–Trinajstić information content (AvgIpc) is 2.16. The van der Waals surface area contributed by atoms with Gasteiger partial charge in [0.25, 0.3) is 0 Å². The third kappa shape index (κ3) is 4.83. The van der Waals surface area contributed by atoms with Gasteiger partial charge in [0.05, 0.1) is 6.04 Å². The molecule has 1 aliphatic rings. The lowest BCUT2D eigenvalue weighted by atomic mass is 9.88. The fourth-order valence-corrected chi connectivity index (χ4v) is 2.07. The van der Waals surface area contributed by atoms with Crippen molar-refractivity contribution < 1.29 is 18.0 Å². The van der Waals surface area contributed by atoms with Crippen LogP contribution in [0.1, 0.15) is 32.1 Å². The number of carbonyl (C=O) groups excluding carboxylic acids is 1. The molecule has 3 nitrogen and oxygen atoms in total. The summed E-state index contributed by atoms with van der Waals surface area (Å²) >= 11 is 0. The highest BCUT2D eigenvalue weighted by Gasteiger charge is 2.29. The van der Waals surface area contributed by atoms with E-state index >= 15 is 0 Å². The highest BCUT2D eigenvalue weighted by Crippen LogP contribution is 2.27. The molecule has 1 amide bonds. The Bertz CT molecular complexity index is 243. The Labute approximate surface area is 92.6 Å². The lowest BCUT2D eigenvalue weighted by Gasteiger charge is -2.28. The Morgan fingerprint density at radius 2 is 2.12 bits per heavy atom. The van der Waals surface area contributed by atoms with Gasteiger partial charge in [-0.2, -0.15) is 13.2 Å². The van der Waals surface area contributed by atoms with E-state index in [1.54, 1.807) is 0 Å². The second-order valence-corrected chi connectivity index (χ2v) is 4.31. The van der Waals surface area contributed by atoms with Gasteiger partial charge in [-0.05, 0) is 31.7 Å². The Kier molecular flexibility index (Phi) is 4.58. The van der Waals surface area contributed by atoms with Crippen LogP contribution in [-0.2, 0) is 4.79 Å². The summed E-state index contributed by atoms with van der Waals surface area (Å²) in [7, 11) is 0. The number of piperidine rings is 1. The van der Waals surface area contributed by atoms with Crippen molar-refractivity contribution in [2.75, 3.05) is 6.54 Å². The molecule has 0 aromatic rings. The molecule has 1 aliphatic heterocycles. The third-order valence-corrected chi connectivity index (χ3v) is 2.93. The van der Waals surface area contributed by atoms with Crippen molar-refractivity contribution in [1.82, 2.24) is 5.32 Å². The first-order valence-corrected chi connectivity index (χ1v) is 5.48. The van der Waals surface area contributed by atoms with Crippen LogP contribution in [0.5, 0.6) is 0 Å². The lowest BCUT2D eigenvalue weighted by molar-refractivity contribution is -0.136. The quantitative estimate of drug-likeness (QED) is 0.781. The number of hydrogen-bond donors (Lipinski definition) is 2. The van der Waals surface area contributed by atoms with Crippen LogP contribution in [0.2, 0.25) is 0 Å². The van der Waals surface area contributed by atoms with Crippen LogP contribution in [0.25, 0.3) is 0 Å². The Morgan fingerprint density at radius 3 is 2.69 bits per heavy atom. The monoisotopic (exact) mass is 238 g/mol. The van der Waals surface area contributed by atoms with Gasteiger partial charge in [0.15, 0.2) is 0 Å². The lowest BCUT2D eigenvalue weighted by Crippen LogP contribution is -2.46. The number of primary amides is 1. The van der Waals surface area contributed by atoms with E-state index in [0.29, 0.717) is 19.4 Å². The minimum Gasteiger partial charge on any atom is -0.368 e. The molecule has 1 saturated heterocycles. The number of hydrogen-bond acceptors (Lipinski definition) is 2. The summed E-state index contributed by atoms with van der Waals surface area (Å²) < 4.78 is 35.8. The van der Waals surface area contributed by atoms with Gasteiger partial charge in [-0.3, -0.25) is 4.79 Å². The molecule has 0 saturated carbocycles. The van der Waals surface area contributed by atoms with E-state index in [4.69, 9.17) is 5.73 Å². The number of nitrogens with two attached hydrogens (primary N) is 1. The Balaban J connectivity index is 2.24. The van der Waals surface area contributed by atoms with E-state index in [2.05, 4.69) is 5.32 Å². The van der Waals surface area contributed by atoms with Crippen LogP contribution in [0, 0.1) is 5.92 Å². The second-order valence-electron chi connectivity index (χ2n) is 4.31. The molecule has 2 unspecified atom stereocenters. The molecule has 0 bridgehead atoms. The molecule has 3 N–H and O–H groups in total. The molecular weight excluding hydrogens is 221 g/mol. The SMILES string of the molecule is NC(=O)C1CC(CCCC(F)(F)F)CCN1. The van der Waals surface area contributed by atoms with Crippen molar-refractivity contribution in [2.24, 2.45) is 11.7 Å². The summed E-state index contributed by atoms with van der Waals surface area (Å²) in [5.74, 6) is -0.235. The molecule has 2 atom stereocenters. The molecule has 1 heterocycles. The van der Waals surface area contributed by atoms with Crippen molar-refractivity contribution in [3.63, 3.8) is 0 Å². The van der Waals surface area contributed by atoms with Gasteiger partial charge >= 0.3 is 6.18 Å². The molecule has 0 radical (unpaired) electrons. The number of carbonyl (C=O) groups is 1. The molecule has 0 aliphatic carbocycles. The summed E-state index contributed by atoms with van der Waals surface area (Å²) in [6.07, 6.45) is -2.77. The normalized spacial score (nSPS) is 26.7. The van der Waals surface area contributed by atoms with Crippen molar-refractivity contribution in [1.29, 1.82) is 0 Å². The van der Waals surface area contributed by atoms with Crippen molar-refractivity contribution >= 4 is 5.91 Å². The fourth-order valence-electron chi connectivity index (χ4n) is 2.07. The van der Waals surface area contributed by atoms with E-state index < -0.39 is 18.5 Å². The van der Waals surface area contributed by atoms with E-state index in [9.17, 15) is 18.0 Å². The minimum atomic E-state index is -4.07. The number of alkyl halides is 3. The molecule has 0 aromatic carbocycles. The molecular formula is C10H17F3N2O. The smallest absolute Gasteiger partial charge is 0.368 e. The van der Waals surface area contributed by atoms with Crippen LogP contribution < -0.4 is 11.1 Å². The number of amides is 1. The summed E-state index contributed by atoms with van der Waals surface area (Å²) in [5, 5.41) is 2.96. The van der Waals surface area contributed by atoms with Crippen LogP contribution in [0.15, 0.2) is 0 Å². The van der Waals surface area contributed by atoms with Gasteiger partial charge in [0, 0.05) is 6.42 Å². The maximum Gasteiger partial charge on any atom is 0.389 e. The van der Waals surface area contributed by atoms with Crippen molar-refractivity contribution in [3.8, 4) is 0 Å². The van der Waals surface area contributed by atoms with Crippen LogP contribution in [-0.4, -0.2) is 24.7 Å². The number of halogens is 3. The predicted molar refractivity (Wildman–Crippen MR) is 53.6 cm³/mol. The maximum atomic E-state index is 11.9. The van der Waals surface area contributed by atoms with Crippen LogP contribution in [0.3, 0.4) is 0 Å². The van der Waals surface area contributed by atoms with Gasteiger partial charge in [-0.15, -0.1) is 0 Å². The molecule has 6 heteroatoms. The van der Waals surface area contributed by atoms with Gasteiger partial charge in [-0.25, -0.2) is 0 Å². The zero-order valence-electron chi connectivity index (χ0n) is 9.02. The van der Waals surface area contributed by atoms with Gasteiger partial charge in [-0.1, -0.05) is 6.42 Å². The molecule has 1 rings (SSSR count). The minimum absolute atomic E-state index is 0.139. The maximum absolute atomic E-state index is 11.9. The van der Waals surface area contributed by atoms with Crippen LogP contribution in [0.4, 0.5) is 13.2 Å². The van der Waals surface area contributed by atoms with E-state index in [1.807, 2.05) is 0 Å². The molecule has 0 aromatic heterocycles. The van der Waals surface area contributed by atoms with E-state index in [0.717, 1.165) is 6.42 Å². The molecule has 0 spiro atoms. The van der Waals surface area contributed by atoms with Gasteiger partial charge in [0.2, 0.25) is 5.91 Å². The van der Waals surface area contributed by atoms with E-state index in [-0.39, 0.29) is 18.4 Å². The highest BCUT2D eigenvalue weighted by molar-refractivity contribution is 5.79. The number of rotatable bonds is 4. The first-order valence-electron chi connectivity index (χ1n) is 5.48.